The Labute approximate surface area is 198 Å². The van der Waals surface area contributed by atoms with Crippen molar-refractivity contribution in [3.63, 3.8) is 0 Å². The Kier molecular flexibility index (Phi) is 7.75. The third-order valence-corrected chi connectivity index (χ3v) is 5.96. The van der Waals surface area contributed by atoms with Crippen LogP contribution < -0.4 is 10.6 Å². The molecule has 0 radical (unpaired) electrons. The highest BCUT2D eigenvalue weighted by Gasteiger charge is 2.29. The van der Waals surface area contributed by atoms with Gasteiger partial charge in [0.15, 0.2) is 5.84 Å². The van der Waals surface area contributed by atoms with Gasteiger partial charge in [0.25, 0.3) is 0 Å². The number of amides is 2. The van der Waals surface area contributed by atoms with Crippen LogP contribution in [0.3, 0.4) is 0 Å². The van der Waals surface area contributed by atoms with Gasteiger partial charge in [-0.25, -0.2) is 9.18 Å². The van der Waals surface area contributed by atoms with Crippen LogP contribution in [0, 0.1) is 39.8 Å². The van der Waals surface area contributed by atoms with Gasteiger partial charge in [0.1, 0.15) is 18.0 Å². The number of nitrogens with one attached hydrogen (secondary N) is 3. The lowest BCUT2D eigenvalue weighted by molar-refractivity contribution is -0.117. The Balaban J connectivity index is 1.48. The van der Waals surface area contributed by atoms with Crippen LogP contribution in [0.25, 0.3) is 0 Å². The molecule has 2 aromatic rings. The zero-order valence-electron chi connectivity index (χ0n) is 17.5. The highest BCUT2D eigenvalue weighted by Crippen LogP contribution is 2.22. The molecule has 0 saturated carbocycles. The van der Waals surface area contributed by atoms with Crippen molar-refractivity contribution in [2.45, 2.75) is 19.4 Å². The minimum absolute atomic E-state index is 0.208. The number of nitriles is 2. The molecule has 2 aromatic carbocycles. The normalized spacial score (nSPS) is 13.5. The number of rotatable bonds is 5. The monoisotopic (exact) mass is 510 g/mol. The van der Waals surface area contributed by atoms with Gasteiger partial charge in [-0.05, 0) is 64.7 Å². The van der Waals surface area contributed by atoms with Crippen molar-refractivity contribution in [2.24, 2.45) is 5.92 Å². The van der Waals surface area contributed by atoms with E-state index in [1.54, 1.807) is 23.1 Å². The van der Waals surface area contributed by atoms with Crippen molar-refractivity contribution < 1.29 is 14.0 Å². The van der Waals surface area contributed by atoms with E-state index >= 15 is 0 Å². The molecule has 1 fully saturated rings. The summed E-state index contributed by atoms with van der Waals surface area (Å²) >= 11 is 3.07. The molecule has 0 aromatic heterocycles. The first kappa shape index (κ1) is 23.9. The number of ketones is 1. The molecular formula is C23H20BrFN6O2. The number of amidine groups is 1. The Morgan fingerprint density at radius 3 is 2.45 bits per heavy atom. The van der Waals surface area contributed by atoms with Crippen molar-refractivity contribution in [2.75, 3.05) is 18.4 Å². The number of likely N-dealkylation sites (tertiary alicyclic amines) is 1. The van der Waals surface area contributed by atoms with Gasteiger partial charge < -0.3 is 15.5 Å². The van der Waals surface area contributed by atoms with Gasteiger partial charge in [-0.3, -0.25) is 10.2 Å². The number of hydrogen-bond acceptors (Lipinski definition) is 5. The molecule has 0 bridgehead atoms. The minimum Gasteiger partial charge on any atom is -0.338 e. The Morgan fingerprint density at radius 2 is 1.82 bits per heavy atom. The number of nitrogens with zero attached hydrogens (tertiary/aromatic N) is 3. The van der Waals surface area contributed by atoms with Crippen LogP contribution in [0.15, 0.2) is 40.9 Å². The van der Waals surface area contributed by atoms with E-state index in [2.05, 4.69) is 26.6 Å². The summed E-state index contributed by atoms with van der Waals surface area (Å²) in [5.41, 5.74) is 1.68. The SMILES string of the molecule is N#Cc1ccc(CNC(=O)N2CCC(C(=O)C(=N)Nc3ccc(F)c(Br)c3)CC2)cc1C#N. The Morgan fingerprint density at radius 1 is 1.12 bits per heavy atom. The number of carbonyl (C=O) groups is 2. The molecule has 1 heterocycles. The molecule has 10 heteroatoms. The predicted octanol–water partition coefficient (Wildman–Crippen LogP) is 3.91. The van der Waals surface area contributed by atoms with Crippen molar-refractivity contribution in [3.8, 4) is 12.1 Å². The number of hydrogen-bond donors (Lipinski definition) is 3. The van der Waals surface area contributed by atoms with Crippen LogP contribution in [0.2, 0.25) is 0 Å². The lowest BCUT2D eigenvalue weighted by Crippen LogP contribution is -2.46. The molecule has 33 heavy (non-hydrogen) atoms. The van der Waals surface area contributed by atoms with Crippen LogP contribution >= 0.6 is 15.9 Å². The van der Waals surface area contributed by atoms with Gasteiger partial charge in [0, 0.05) is 31.2 Å². The van der Waals surface area contributed by atoms with Gasteiger partial charge in [-0.2, -0.15) is 10.5 Å². The summed E-state index contributed by atoms with van der Waals surface area (Å²) in [6.07, 6.45) is 0.859. The van der Waals surface area contributed by atoms with E-state index in [0.717, 1.165) is 0 Å². The summed E-state index contributed by atoms with van der Waals surface area (Å²) in [4.78, 5) is 26.7. The fourth-order valence-corrected chi connectivity index (χ4v) is 3.89. The maximum absolute atomic E-state index is 13.3. The number of anilines is 1. The summed E-state index contributed by atoms with van der Waals surface area (Å²) in [5, 5.41) is 31.6. The maximum atomic E-state index is 13.3. The van der Waals surface area contributed by atoms with Crippen LogP contribution in [0.1, 0.15) is 29.5 Å². The van der Waals surface area contributed by atoms with Crippen molar-refractivity contribution in [3.05, 3.63) is 63.4 Å². The highest BCUT2D eigenvalue weighted by atomic mass is 79.9. The Hall–Kier alpha value is -3.76. The molecule has 0 aliphatic carbocycles. The molecule has 0 unspecified atom stereocenters. The molecule has 168 valence electrons. The van der Waals surface area contributed by atoms with E-state index in [0.29, 0.717) is 37.2 Å². The lowest BCUT2D eigenvalue weighted by atomic mass is 9.92. The molecule has 2 amide bonds. The van der Waals surface area contributed by atoms with Gasteiger partial charge in [0.05, 0.1) is 15.6 Å². The molecule has 3 rings (SSSR count). The van der Waals surface area contributed by atoms with Crippen molar-refractivity contribution >= 4 is 39.3 Å². The molecule has 1 aliphatic rings. The largest absolute Gasteiger partial charge is 0.338 e. The number of halogens is 2. The second kappa shape index (κ2) is 10.7. The van der Waals surface area contributed by atoms with Crippen molar-refractivity contribution in [1.82, 2.24) is 10.2 Å². The summed E-state index contributed by atoms with van der Waals surface area (Å²) in [6, 6.07) is 12.6. The van der Waals surface area contributed by atoms with Gasteiger partial charge in [0.2, 0.25) is 5.78 Å². The fraction of sp³-hybridized carbons (Fsp3) is 0.261. The molecule has 0 spiro atoms. The number of carbonyl (C=O) groups excluding carboxylic acids is 2. The first-order valence-electron chi connectivity index (χ1n) is 10.1. The van der Waals surface area contributed by atoms with Crippen LogP contribution in [0.4, 0.5) is 14.9 Å². The van der Waals surface area contributed by atoms with Gasteiger partial charge in [-0.15, -0.1) is 0 Å². The van der Waals surface area contributed by atoms with Crippen LogP contribution in [-0.4, -0.2) is 35.6 Å². The van der Waals surface area contributed by atoms with Crippen LogP contribution in [-0.2, 0) is 11.3 Å². The zero-order valence-corrected chi connectivity index (χ0v) is 19.1. The van der Waals surface area contributed by atoms with E-state index in [1.807, 2.05) is 12.1 Å². The summed E-state index contributed by atoms with van der Waals surface area (Å²) in [7, 11) is 0. The summed E-state index contributed by atoms with van der Waals surface area (Å²) in [5.74, 6) is -1.44. The molecule has 3 N–H and O–H groups in total. The highest BCUT2D eigenvalue weighted by molar-refractivity contribution is 9.10. The second-order valence-corrected chi connectivity index (χ2v) is 8.37. The van der Waals surface area contributed by atoms with E-state index < -0.39 is 5.82 Å². The molecule has 1 aliphatic heterocycles. The van der Waals surface area contributed by atoms with E-state index in [4.69, 9.17) is 15.9 Å². The topological polar surface area (TPSA) is 133 Å². The number of Topliss-reactive ketones (excluding diaryl/α,β-unsaturated/α-hetero) is 1. The molecule has 1 saturated heterocycles. The van der Waals surface area contributed by atoms with Gasteiger partial charge >= 0.3 is 6.03 Å². The second-order valence-electron chi connectivity index (χ2n) is 7.52. The van der Waals surface area contributed by atoms with E-state index in [9.17, 15) is 14.0 Å². The molecular weight excluding hydrogens is 491 g/mol. The smallest absolute Gasteiger partial charge is 0.317 e. The molecule has 8 nitrogen and oxygen atoms in total. The summed E-state index contributed by atoms with van der Waals surface area (Å²) in [6.45, 7) is 0.947. The van der Waals surface area contributed by atoms with Crippen LogP contribution in [0.5, 0.6) is 0 Å². The minimum atomic E-state index is -0.436. The quantitative estimate of drug-likeness (QED) is 0.414. The van der Waals surface area contributed by atoms with Crippen molar-refractivity contribution in [1.29, 1.82) is 15.9 Å². The maximum Gasteiger partial charge on any atom is 0.317 e. The number of benzene rings is 2. The lowest BCUT2D eigenvalue weighted by Gasteiger charge is -2.31. The van der Waals surface area contributed by atoms with Gasteiger partial charge in [-0.1, -0.05) is 6.07 Å². The Bertz CT molecular complexity index is 1180. The first-order chi connectivity index (χ1) is 15.8. The average molecular weight is 511 g/mol. The standard InChI is InChI=1S/C23H20BrFN6O2/c24-19-10-18(3-4-20(19)25)30-22(28)21(32)15-5-7-31(8-6-15)23(33)29-13-14-1-2-16(11-26)17(9-14)12-27/h1-4,9-10,15H,5-8,13H2,(H2,28,30)(H,29,33). The summed E-state index contributed by atoms with van der Waals surface area (Å²) < 4.78 is 13.6. The third-order valence-electron chi connectivity index (χ3n) is 5.36. The number of urea groups is 1. The molecule has 0 atom stereocenters. The average Bonchev–Trinajstić information content (AvgIpc) is 2.84. The number of piperidine rings is 1. The van der Waals surface area contributed by atoms with E-state index in [-0.39, 0.29) is 45.7 Å². The van der Waals surface area contributed by atoms with E-state index in [1.165, 1.54) is 18.2 Å². The fourth-order valence-electron chi connectivity index (χ4n) is 3.51. The zero-order chi connectivity index (χ0) is 24.0. The first-order valence-corrected chi connectivity index (χ1v) is 10.9. The predicted molar refractivity (Wildman–Crippen MR) is 123 cm³/mol. The third kappa shape index (κ3) is 5.93.